The zero-order valence-electron chi connectivity index (χ0n) is 11.5. The molecule has 0 bridgehead atoms. The second-order valence-corrected chi connectivity index (χ2v) is 3.72. The fraction of sp³-hybridized carbons (Fsp3) is 0.286. The van der Waals surface area contributed by atoms with Gasteiger partial charge in [0.05, 0.1) is 12.2 Å². The van der Waals surface area contributed by atoms with Crippen LogP contribution in [0.2, 0.25) is 0 Å². The summed E-state index contributed by atoms with van der Waals surface area (Å²) in [5.74, 6) is -1.41. The molecule has 0 saturated heterocycles. The van der Waals surface area contributed by atoms with Gasteiger partial charge in [0.1, 0.15) is 0 Å². The number of benzene rings is 1. The topological polar surface area (TPSA) is 63.6 Å². The zero-order chi connectivity index (χ0) is 16.5. The van der Waals surface area contributed by atoms with E-state index in [2.05, 4.69) is 4.74 Å². The van der Waals surface area contributed by atoms with Gasteiger partial charge < -0.3 is 9.84 Å². The highest BCUT2D eigenvalue weighted by molar-refractivity contribution is 5.85. The van der Waals surface area contributed by atoms with Crippen LogP contribution in [0.1, 0.15) is 25.0 Å². The summed E-state index contributed by atoms with van der Waals surface area (Å²) in [5.41, 5.74) is -0.595. The van der Waals surface area contributed by atoms with Crippen molar-refractivity contribution in [1.29, 1.82) is 0 Å². The normalized spacial score (nSPS) is 10.7. The van der Waals surface area contributed by atoms with Crippen molar-refractivity contribution in [2.45, 2.75) is 20.0 Å². The van der Waals surface area contributed by atoms with E-state index in [-0.39, 0.29) is 11.5 Å². The lowest BCUT2D eigenvalue weighted by Gasteiger charge is -2.06. The Labute approximate surface area is 119 Å². The maximum atomic E-state index is 12.2. The number of ether oxygens (including phenoxy) is 1. The number of halogens is 3. The minimum Gasteiger partial charge on any atom is -0.478 e. The average molecular weight is 304 g/mol. The molecular formula is C14H15F3O4. The van der Waals surface area contributed by atoms with E-state index in [1.54, 1.807) is 6.92 Å². The highest BCUT2D eigenvalue weighted by Gasteiger charge is 2.30. The Morgan fingerprint density at radius 2 is 1.95 bits per heavy atom. The molecule has 0 saturated carbocycles. The summed E-state index contributed by atoms with van der Waals surface area (Å²) >= 11 is 0. The Morgan fingerprint density at radius 1 is 1.33 bits per heavy atom. The van der Waals surface area contributed by atoms with E-state index >= 15 is 0 Å². The molecule has 0 aliphatic rings. The summed E-state index contributed by atoms with van der Waals surface area (Å²) in [6.45, 7) is 3.65. The third kappa shape index (κ3) is 9.26. The number of rotatable bonds is 3. The number of carbonyl (C=O) groups is 2. The molecule has 21 heavy (non-hydrogen) atoms. The van der Waals surface area contributed by atoms with Crippen molar-refractivity contribution in [3.05, 3.63) is 41.5 Å². The molecule has 0 aromatic heterocycles. The lowest BCUT2D eigenvalue weighted by atomic mass is 10.1. The SMILES string of the molecule is CCOC(C)=O.O=C(O)C=Cc1cccc(C(F)(F)F)c1. The number of esters is 1. The fourth-order valence-electron chi connectivity index (χ4n) is 1.19. The molecule has 0 atom stereocenters. The Morgan fingerprint density at radius 3 is 2.33 bits per heavy atom. The summed E-state index contributed by atoms with van der Waals surface area (Å²) in [6, 6.07) is 4.44. The molecule has 7 heteroatoms. The summed E-state index contributed by atoms with van der Waals surface area (Å²) in [4.78, 5) is 20.0. The summed E-state index contributed by atoms with van der Waals surface area (Å²) in [7, 11) is 0. The predicted octanol–water partition coefficient (Wildman–Crippen LogP) is 3.37. The fourth-order valence-corrected chi connectivity index (χ4v) is 1.19. The first kappa shape index (κ1) is 18.7. The number of carbonyl (C=O) groups excluding carboxylic acids is 1. The van der Waals surface area contributed by atoms with Crippen molar-refractivity contribution in [2.75, 3.05) is 6.61 Å². The van der Waals surface area contributed by atoms with Crippen molar-refractivity contribution in [1.82, 2.24) is 0 Å². The van der Waals surface area contributed by atoms with Crippen LogP contribution in [0, 0.1) is 0 Å². The zero-order valence-corrected chi connectivity index (χ0v) is 11.5. The van der Waals surface area contributed by atoms with Crippen LogP contribution < -0.4 is 0 Å². The van der Waals surface area contributed by atoms with Gasteiger partial charge in [-0.1, -0.05) is 12.1 Å². The van der Waals surface area contributed by atoms with E-state index in [1.807, 2.05) is 0 Å². The second-order valence-electron chi connectivity index (χ2n) is 3.72. The largest absolute Gasteiger partial charge is 0.478 e. The molecule has 0 unspecified atom stereocenters. The predicted molar refractivity (Wildman–Crippen MR) is 70.4 cm³/mol. The first-order valence-electron chi connectivity index (χ1n) is 5.88. The molecule has 1 aromatic rings. The quantitative estimate of drug-likeness (QED) is 0.687. The van der Waals surface area contributed by atoms with Crippen LogP contribution in [0.15, 0.2) is 30.3 Å². The van der Waals surface area contributed by atoms with Gasteiger partial charge in [-0.2, -0.15) is 13.2 Å². The molecule has 1 N–H and O–H groups in total. The van der Waals surface area contributed by atoms with Crippen LogP contribution in [0.3, 0.4) is 0 Å². The Hall–Kier alpha value is -2.31. The number of alkyl halides is 3. The minimum atomic E-state index is -4.41. The van der Waals surface area contributed by atoms with E-state index < -0.39 is 17.7 Å². The molecule has 116 valence electrons. The van der Waals surface area contributed by atoms with Crippen molar-refractivity contribution >= 4 is 18.0 Å². The van der Waals surface area contributed by atoms with Crippen LogP contribution in [0.25, 0.3) is 6.08 Å². The summed E-state index contributed by atoms with van der Waals surface area (Å²) < 4.78 is 41.1. The van der Waals surface area contributed by atoms with Gasteiger partial charge in [0.15, 0.2) is 0 Å². The van der Waals surface area contributed by atoms with Gasteiger partial charge in [0.25, 0.3) is 0 Å². The van der Waals surface area contributed by atoms with Crippen molar-refractivity contribution in [2.24, 2.45) is 0 Å². The van der Waals surface area contributed by atoms with Gasteiger partial charge in [-0.25, -0.2) is 4.79 Å². The summed E-state index contributed by atoms with van der Waals surface area (Å²) in [6.07, 6.45) is -2.51. The molecule has 0 heterocycles. The van der Waals surface area contributed by atoms with E-state index in [0.29, 0.717) is 6.61 Å². The Balaban J connectivity index is 0.000000567. The minimum absolute atomic E-state index is 0.201. The van der Waals surface area contributed by atoms with Crippen molar-refractivity contribution in [3.8, 4) is 0 Å². The van der Waals surface area contributed by atoms with E-state index in [9.17, 15) is 22.8 Å². The molecule has 0 aliphatic heterocycles. The molecule has 0 aliphatic carbocycles. The van der Waals surface area contributed by atoms with Crippen LogP contribution in [0.4, 0.5) is 13.2 Å². The van der Waals surface area contributed by atoms with Gasteiger partial charge in [-0.3, -0.25) is 4.79 Å². The first-order valence-corrected chi connectivity index (χ1v) is 5.88. The van der Waals surface area contributed by atoms with Gasteiger partial charge in [-0.05, 0) is 30.7 Å². The molecule has 1 rings (SSSR count). The molecule has 0 fully saturated rings. The molecule has 4 nitrogen and oxygen atoms in total. The van der Waals surface area contributed by atoms with E-state index in [1.165, 1.54) is 19.1 Å². The average Bonchev–Trinajstić information content (AvgIpc) is 2.36. The molecule has 1 aromatic carbocycles. The van der Waals surface area contributed by atoms with Crippen LogP contribution >= 0.6 is 0 Å². The van der Waals surface area contributed by atoms with Crippen molar-refractivity contribution in [3.63, 3.8) is 0 Å². The van der Waals surface area contributed by atoms with Crippen LogP contribution in [-0.4, -0.2) is 23.7 Å². The van der Waals surface area contributed by atoms with Gasteiger partial charge in [-0.15, -0.1) is 0 Å². The standard InChI is InChI=1S/C10H7F3O2.C4H8O2/c11-10(12,13)8-3-1-2-7(6-8)4-5-9(14)15;1-3-6-4(2)5/h1-6H,(H,14,15);3H2,1-2H3. The summed E-state index contributed by atoms with van der Waals surface area (Å²) in [5, 5.41) is 8.29. The maximum absolute atomic E-state index is 12.2. The Bertz CT molecular complexity index is 507. The number of hydrogen-bond acceptors (Lipinski definition) is 3. The van der Waals surface area contributed by atoms with E-state index in [0.717, 1.165) is 24.3 Å². The lowest BCUT2D eigenvalue weighted by molar-refractivity contribution is -0.140. The monoisotopic (exact) mass is 304 g/mol. The van der Waals surface area contributed by atoms with E-state index in [4.69, 9.17) is 5.11 Å². The first-order chi connectivity index (χ1) is 9.66. The van der Waals surface area contributed by atoms with Gasteiger partial charge in [0.2, 0.25) is 0 Å². The number of carboxylic acid groups (broad SMARTS) is 1. The highest BCUT2D eigenvalue weighted by Crippen LogP contribution is 2.29. The van der Waals surface area contributed by atoms with Gasteiger partial charge in [0, 0.05) is 13.0 Å². The molecule has 0 radical (unpaired) electrons. The molecular weight excluding hydrogens is 289 g/mol. The molecule has 0 amide bonds. The Kier molecular flexibility index (Phi) is 7.81. The van der Waals surface area contributed by atoms with Gasteiger partial charge >= 0.3 is 18.1 Å². The highest BCUT2D eigenvalue weighted by atomic mass is 19.4. The van der Waals surface area contributed by atoms with Crippen molar-refractivity contribution < 1.29 is 32.6 Å². The third-order valence-electron chi connectivity index (χ3n) is 1.98. The lowest BCUT2D eigenvalue weighted by Crippen LogP contribution is -2.04. The smallest absolute Gasteiger partial charge is 0.416 e. The number of carboxylic acids is 1. The number of aliphatic carboxylic acids is 1. The molecule has 0 spiro atoms. The number of hydrogen-bond donors (Lipinski definition) is 1. The van der Waals surface area contributed by atoms with Crippen LogP contribution in [-0.2, 0) is 20.5 Å². The maximum Gasteiger partial charge on any atom is 0.416 e. The third-order valence-corrected chi connectivity index (χ3v) is 1.98. The second kappa shape index (κ2) is 8.78. The van der Waals surface area contributed by atoms with Crippen LogP contribution in [0.5, 0.6) is 0 Å².